The molecule has 0 aromatic rings. The van der Waals surface area contributed by atoms with Gasteiger partial charge in [-0.2, -0.15) is 0 Å². The van der Waals surface area contributed by atoms with Gasteiger partial charge >= 0.3 is 0 Å². The average Bonchev–Trinajstić information content (AvgIpc) is 1.64. The Hall–Kier alpha value is 0.914. The fourth-order valence-corrected chi connectivity index (χ4v) is 12.3. The molecule has 0 amide bonds. The molecule has 1 saturated heterocycles. The second kappa shape index (κ2) is 1.70. The fourth-order valence-electron chi connectivity index (χ4n) is 0.969. The standard InChI is InChI=1S/C5H13BrSi2/c1-5(2)7-4-8(5,3)6/h4,7H2,1-3H3. The molecule has 3 heteroatoms. The first kappa shape index (κ1) is 7.03. The molecule has 1 rings (SSSR count). The molecule has 0 radical (unpaired) electrons. The highest BCUT2D eigenvalue weighted by Crippen LogP contribution is 2.51. The van der Waals surface area contributed by atoms with Crippen LogP contribution >= 0.6 is 15.3 Å². The van der Waals surface area contributed by atoms with Gasteiger partial charge in [0, 0.05) is 9.52 Å². The van der Waals surface area contributed by atoms with Crippen LogP contribution in [-0.4, -0.2) is 16.2 Å². The van der Waals surface area contributed by atoms with Crippen molar-refractivity contribution in [3.05, 3.63) is 0 Å². The minimum Gasteiger partial charge on any atom is -0.127 e. The lowest BCUT2D eigenvalue weighted by Gasteiger charge is -2.48. The number of hydrogen-bond acceptors (Lipinski definition) is 0. The van der Waals surface area contributed by atoms with Crippen LogP contribution in [-0.2, 0) is 0 Å². The van der Waals surface area contributed by atoms with Crippen molar-refractivity contribution >= 4 is 31.5 Å². The van der Waals surface area contributed by atoms with Crippen LogP contribution in [0.4, 0.5) is 0 Å². The molecular weight excluding hydrogens is 196 g/mol. The Bertz CT molecular complexity index is 95.0. The predicted octanol–water partition coefficient (Wildman–Crippen LogP) is 1.83. The molecule has 0 spiro atoms. The third kappa shape index (κ3) is 0.845. The van der Waals surface area contributed by atoms with Gasteiger partial charge in [0.1, 0.15) is 6.69 Å². The fraction of sp³-hybridized carbons (Fsp3) is 1.00. The first-order valence-corrected chi connectivity index (χ1v) is 9.82. The summed E-state index contributed by atoms with van der Waals surface area (Å²) >= 11 is 3.86. The maximum atomic E-state index is 3.86. The van der Waals surface area contributed by atoms with Crippen molar-refractivity contribution in [2.75, 3.05) is 0 Å². The van der Waals surface area contributed by atoms with E-state index in [1.54, 1.807) is 5.67 Å². The zero-order valence-corrected chi connectivity index (χ0v) is 9.79. The van der Waals surface area contributed by atoms with Gasteiger partial charge in [-0.25, -0.2) is 0 Å². The molecule has 0 bridgehead atoms. The van der Waals surface area contributed by atoms with Crippen LogP contribution < -0.4 is 0 Å². The highest BCUT2D eigenvalue weighted by atomic mass is 79.9. The van der Waals surface area contributed by atoms with Crippen LogP contribution in [0.3, 0.4) is 0 Å². The van der Waals surface area contributed by atoms with Gasteiger partial charge < -0.3 is 0 Å². The van der Waals surface area contributed by atoms with Crippen molar-refractivity contribution in [1.29, 1.82) is 0 Å². The summed E-state index contributed by atoms with van der Waals surface area (Å²) in [6, 6.07) is 0. The maximum Gasteiger partial charge on any atom is 0.126 e. The molecule has 0 saturated carbocycles. The summed E-state index contributed by atoms with van der Waals surface area (Å²) in [6.45, 7) is 6.51. The lowest BCUT2D eigenvalue weighted by atomic mass is 10.5. The zero-order chi connectivity index (χ0) is 6.41. The van der Waals surface area contributed by atoms with Crippen LogP contribution in [0.15, 0.2) is 0 Å². The number of rotatable bonds is 0. The van der Waals surface area contributed by atoms with Crippen LogP contribution in [0, 0.1) is 0 Å². The summed E-state index contributed by atoms with van der Waals surface area (Å²) in [7, 11) is 0.344. The van der Waals surface area contributed by atoms with E-state index in [1.165, 1.54) is 0 Å². The van der Waals surface area contributed by atoms with Gasteiger partial charge in [-0.3, -0.25) is 0 Å². The summed E-state index contributed by atoms with van der Waals surface area (Å²) in [5.41, 5.74) is 1.61. The van der Waals surface area contributed by atoms with Crippen LogP contribution in [0.25, 0.3) is 0 Å². The van der Waals surface area contributed by atoms with Crippen molar-refractivity contribution in [3.63, 3.8) is 0 Å². The Morgan fingerprint density at radius 2 is 2.00 bits per heavy atom. The quantitative estimate of drug-likeness (QED) is 0.422. The molecule has 1 fully saturated rings. The van der Waals surface area contributed by atoms with Crippen molar-refractivity contribution in [2.24, 2.45) is 0 Å². The van der Waals surface area contributed by atoms with Crippen molar-refractivity contribution in [1.82, 2.24) is 0 Å². The Morgan fingerprint density at radius 1 is 1.62 bits per heavy atom. The van der Waals surface area contributed by atoms with Crippen LogP contribution in [0.1, 0.15) is 13.8 Å². The third-order valence-electron chi connectivity index (χ3n) is 2.63. The van der Waals surface area contributed by atoms with Gasteiger partial charge in [0.05, 0.1) is 0 Å². The molecular formula is C5H13BrSi2. The van der Waals surface area contributed by atoms with E-state index in [-0.39, 0.29) is 0 Å². The molecule has 1 aliphatic heterocycles. The molecule has 48 valence electrons. The number of halogens is 1. The van der Waals surface area contributed by atoms with Crippen molar-refractivity contribution in [3.8, 4) is 0 Å². The summed E-state index contributed by atoms with van der Waals surface area (Å²) in [4.78, 5) is 0. The third-order valence-corrected chi connectivity index (χ3v) is 22.9. The molecule has 8 heavy (non-hydrogen) atoms. The Labute approximate surface area is 62.5 Å². The smallest absolute Gasteiger partial charge is 0.126 e. The van der Waals surface area contributed by atoms with E-state index in [4.69, 9.17) is 0 Å². The van der Waals surface area contributed by atoms with Gasteiger partial charge in [0.15, 0.2) is 0 Å². The van der Waals surface area contributed by atoms with Gasteiger partial charge in [-0.1, -0.05) is 26.1 Å². The molecule has 1 unspecified atom stereocenters. The van der Waals surface area contributed by atoms with E-state index in [0.717, 1.165) is 4.66 Å². The van der Waals surface area contributed by atoms with E-state index < -0.39 is 6.69 Å². The van der Waals surface area contributed by atoms with Gasteiger partial charge in [0.2, 0.25) is 0 Å². The van der Waals surface area contributed by atoms with Crippen LogP contribution in [0.2, 0.25) is 16.9 Å². The Balaban J connectivity index is 2.63. The minimum absolute atomic E-state index is 0.344. The second-order valence-corrected chi connectivity index (χ2v) is 17.6. The van der Waals surface area contributed by atoms with Crippen molar-refractivity contribution < 1.29 is 0 Å². The summed E-state index contributed by atoms with van der Waals surface area (Å²) in [6.07, 6.45) is 0. The molecule has 1 aliphatic rings. The molecule has 1 atom stereocenters. The maximum absolute atomic E-state index is 3.86. The SMILES string of the molecule is CC1(C)[SiH2]C[Si]1(C)Br. The first-order chi connectivity index (χ1) is 3.46. The van der Waals surface area contributed by atoms with Gasteiger partial charge in [-0.05, 0) is 4.66 Å². The molecule has 0 nitrogen and oxygen atoms in total. The van der Waals surface area contributed by atoms with Gasteiger partial charge in [0.25, 0.3) is 0 Å². The topological polar surface area (TPSA) is 0 Å². The highest BCUT2D eigenvalue weighted by Gasteiger charge is 2.49. The Morgan fingerprint density at radius 3 is 2.00 bits per heavy atom. The Kier molecular flexibility index (Phi) is 1.49. The lowest BCUT2D eigenvalue weighted by molar-refractivity contribution is 0.878. The molecule has 1 heterocycles. The summed E-state index contributed by atoms with van der Waals surface area (Å²) in [5.74, 6) is 0. The zero-order valence-electron chi connectivity index (χ0n) is 5.79. The lowest BCUT2D eigenvalue weighted by Crippen LogP contribution is -2.51. The molecule has 0 N–H and O–H groups in total. The van der Waals surface area contributed by atoms with Crippen molar-refractivity contribution in [2.45, 2.75) is 30.7 Å². The summed E-state index contributed by atoms with van der Waals surface area (Å²) < 4.78 is 0.812. The second-order valence-electron chi connectivity index (χ2n) is 3.58. The van der Waals surface area contributed by atoms with Crippen LogP contribution in [0.5, 0.6) is 0 Å². The number of hydrogen-bond donors (Lipinski definition) is 0. The monoisotopic (exact) mass is 208 g/mol. The highest BCUT2D eigenvalue weighted by molar-refractivity contribution is 9.26. The van der Waals surface area contributed by atoms with E-state index in [9.17, 15) is 0 Å². The summed E-state index contributed by atoms with van der Waals surface area (Å²) in [5, 5.41) is 0. The largest absolute Gasteiger partial charge is 0.127 e. The van der Waals surface area contributed by atoms with E-state index in [0.29, 0.717) is 9.52 Å². The molecule has 0 aromatic heterocycles. The minimum atomic E-state index is -0.804. The molecule has 0 aromatic carbocycles. The van der Waals surface area contributed by atoms with E-state index in [2.05, 4.69) is 35.7 Å². The van der Waals surface area contributed by atoms with Gasteiger partial charge in [-0.15, -0.1) is 15.3 Å². The molecule has 0 aliphatic carbocycles. The first-order valence-electron chi connectivity index (χ1n) is 3.15. The average molecular weight is 209 g/mol. The predicted molar refractivity (Wildman–Crippen MR) is 47.9 cm³/mol. The van der Waals surface area contributed by atoms with E-state index in [1.807, 2.05) is 0 Å². The van der Waals surface area contributed by atoms with E-state index >= 15 is 0 Å². The normalized spacial score (nSPS) is 46.5.